The van der Waals surface area contributed by atoms with Crippen LogP contribution in [0.2, 0.25) is 5.28 Å². The molecule has 0 amide bonds. The molecule has 0 aliphatic carbocycles. The first-order chi connectivity index (χ1) is 11.7. The van der Waals surface area contributed by atoms with Gasteiger partial charge >= 0.3 is 0 Å². The van der Waals surface area contributed by atoms with Gasteiger partial charge in [-0.1, -0.05) is 0 Å². The first-order valence-corrected chi connectivity index (χ1v) is 8.74. The Morgan fingerprint density at radius 2 is 1.88 bits per heavy atom. The fraction of sp³-hybridized carbons (Fsp3) is 0.421. The SMILES string of the molecule is Cc1nc2c(OC(C)(C)C)cc(-c3ccnc(Cl)n3)cc2n1C(C)C. The summed E-state index contributed by atoms with van der Waals surface area (Å²) in [6.45, 7) is 12.4. The standard InChI is InChI=1S/C19H23ClN4O/c1-11(2)24-12(3)22-17-15(24)9-13(10-16(17)25-19(4,5)6)14-7-8-21-18(20)23-14/h7-11H,1-6H3. The Balaban J connectivity index is 2.30. The Bertz CT molecular complexity index is 925. The summed E-state index contributed by atoms with van der Waals surface area (Å²) in [4.78, 5) is 13.1. The topological polar surface area (TPSA) is 52.8 Å². The molecule has 3 aromatic rings. The molecule has 0 atom stereocenters. The van der Waals surface area contributed by atoms with Crippen LogP contribution in [-0.2, 0) is 0 Å². The van der Waals surface area contributed by atoms with E-state index in [2.05, 4.69) is 34.4 Å². The number of halogens is 1. The quantitative estimate of drug-likeness (QED) is 0.603. The van der Waals surface area contributed by atoms with Gasteiger partial charge in [-0.25, -0.2) is 15.0 Å². The highest BCUT2D eigenvalue weighted by atomic mass is 35.5. The van der Waals surface area contributed by atoms with Crippen molar-refractivity contribution in [1.82, 2.24) is 19.5 Å². The van der Waals surface area contributed by atoms with Gasteiger partial charge in [-0.2, -0.15) is 0 Å². The minimum absolute atomic E-state index is 0.226. The summed E-state index contributed by atoms with van der Waals surface area (Å²) in [7, 11) is 0. The van der Waals surface area contributed by atoms with Crippen molar-refractivity contribution in [3.05, 3.63) is 35.5 Å². The predicted molar refractivity (Wildman–Crippen MR) is 101 cm³/mol. The molecule has 0 aliphatic heterocycles. The molecule has 0 radical (unpaired) electrons. The molecule has 6 heteroatoms. The zero-order valence-corrected chi connectivity index (χ0v) is 16.2. The maximum absolute atomic E-state index is 6.20. The highest BCUT2D eigenvalue weighted by molar-refractivity contribution is 6.28. The molecule has 1 aromatic carbocycles. The van der Waals surface area contributed by atoms with Crippen LogP contribution in [0.3, 0.4) is 0 Å². The van der Waals surface area contributed by atoms with Gasteiger partial charge in [0.1, 0.15) is 22.7 Å². The van der Waals surface area contributed by atoms with E-state index in [1.807, 2.05) is 39.8 Å². The van der Waals surface area contributed by atoms with Crippen molar-refractivity contribution in [2.75, 3.05) is 0 Å². The lowest BCUT2D eigenvalue weighted by Gasteiger charge is -2.22. The number of nitrogens with zero attached hydrogens (tertiary/aromatic N) is 4. The van der Waals surface area contributed by atoms with Gasteiger partial charge in [0, 0.05) is 17.8 Å². The molecule has 0 saturated heterocycles. The number of benzene rings is 1. The molecule has 0 unspecified atom stereocenters. The normalized spacial score (nSPS) is 12.2. The molecule has 5 nitrogen and oxygen atoms in total. The van der Waals surface area contributed by atoms with E-state index >= 15 is 0 Å². The van der Waals surface area contributed by atoms with E-state index in [0.717, 1.165) is 33.9 Å². The second kappa shape index (κ2) is 6.30. The van der Waals surface area contributed by atoms with Crippen LogP contribution in [0.4, 0.5) is 0 Å². The molecule has 0 spiro atoms. The Kier molecular flexibility index (Phi) is 4.45. The molecule has 0 aliphatic rings. The van der Waals surface area contributed by atoms with Crippen molar-refractivity contribution in [1.29, 1.82) is 0 Å². The van der Waals surface area contributed by atoms with Crippen LogP contribution < -0.4 is 4.74 Å². The Morgan fingerprint density at radius 3 is 2.48 bits per heavy atom. The molecular formula is C19H23ClN4O. The van der Waals surface area contributed by atoms with E-state index in [1.54, 1.807) is 6.20 Å². The van der Waals surface area contributed by atoms with Crippen molar-refractivity contribution >= 4 is 22.6 Å². The van der Waals surface area contributed by atoms with E-state index in [0.29, 0.717) is 0 Å². The van der Waals surface area contributed by atoms with Crippen molar-refractivity contribution in [2.24, 2.45) is 0 Å². The average Bonchev–Trinajstić information content (AvgIpc) is 2.82. The van der Waals surface area contributed by atoms with Crippen molar-refractivity contribution in [2.45, 2.75) is 53.2 Å². The summed E-state index contributed by atoms with van der Waals surface area (Å²) in [5.41, 5.74) is 3.25. The van der Waals surface area contributed by atoms with Gasteiger partial charge in [-0.3, -0.25) is 0 Å². The van der Waals surface area contributed by atoms with Gasteiger partial charge in [0.05, 0.1) is 11.2 Å². The molecule has 2 aromatic heterocycles. The summed E-state index contributed by atoms with van der Waals surface area (Å²) in [6.07, 6.45) is 1.66. The predicted octanol–water partition coefficient (Wildman–Crippen LogP) is 5.21. The number of ether oxygens (including phenoxy) is 1. The van der Waals surface area contributed by atoms with Crippen LogP contribution >= 0.6 is 11.6 Å². The molecule has 132 valence electrons. The number of rotatable bonds is 3. The molecule has 0 N–H and O–H groups in total. The van der Waals surface area contributed by atoms with Gasteiger partial charge in [0.2, 0.25) is 5.28 Å². The number of hydrogen-bond acceptors (Lipinski definition) is 4. The van der Waals surface area contributed by atoms with Crippen LogP contribution in [-0.4, -0.2) is 25.1 Å². The second-order valence-corrected chi connectivity index (χ2v) is 7.73. The third-order valence-corrected chi connectivity index (χ3v) is 3.97. The zero-order valence-electron chi connectivity index (χ0n) is 15.5. The van der Waals surface area contributed by atoms with E-state index < -0.39 is 0 Å². The maximum Gasteiger partial charge on any atom is 0.222 e. The first kappa shape index (κ1) is 17.7. The molecule has 0 saturated carbocycles. The third kappa shape index (κ3) is 3.61. The summed E-state index contributed by atoms with van der Waals surface area (Å²) in [5.74, 6) is 1.71. The minimum atomic E-state index is -0.329. The molecule has 25 heavy (non-hydrogen) atoms. The van der Waals surface area contributed by atoms with Crippen molar-refractivity contribution in [3.63, 3.8) is 0 Å². The second-order valence-electron chi connectivity index (χ2n) is 7.39. The zero-order chi connectivity index (χ0) is 18.4. The molecule has 0 bridgehead atoms. The number of fused-ring (bicyclic) bond motifs is 1. The van der Waals surface area contributed by atoms with E-state index in [4.69, 9.17) is 21.3 Å². The van der Waals surface area contributed by atoms with Crippen molar-refractivity contribution in [3.8, 4) is 17.0 Å². The minimum Gasteiger partial charge on any atom is -0.486 e. The van der Waals surface area contributed by atoms with Gasteiger partial charge in [-0.15, -0.1) is 0 Å². The fourth-order valence-electron chi connectivity index (χ4n) is 2.98. The Morgan fingerprint density at radius 1 is 1.16 bits per heavy atom. The first-order valence-electron chi connectivity index (χ1n) is 8.36. The van der Waals surface area contributed by atoms with E-state index in [1.165, 1.54) is 0 Å². The lowest BCUT2D eigenvalue weighted by molar-refractivity contribution is 0.133. The molecular weight excluding hydrogens is 336 g/mol. The van der Waals surface area contributed by atoms with Gasteiger partial charge in [0.15, 0.2) is 0 Å². The monoisotopic (exact) mass is 358 g/mol. The van der Waals surface area contributed by atoms with Crippen LogP contribution in [0.5, 0.6) is 5.75 Å². The fourth-order valence-corrected chi connectivity index (χ4v) is 3.13. The van der Waals surface area contributed by atoms with Gasteiger partial charge in [-0.05, 0) is 71.3 Å². The van der Waals surface area contributed by atoms with Gasteiger partial charge < -0.3 is 9.30 Å². The lowest BCUT2D eigenvalue weighted by atomic mass is 10.1. The largest absolute Gasteiger partial charge is 0.486 e. The summed E-state index contributed by atoms with van der Waals surface area (Å²) >= 11 is 5.97. The lowest BCUT2D eigenvalue weighted by Crippen LogP contribution is -2.23. The van der Waals surface area contributed by atoms with Crippen molar-refractivity contribution < 1.29 is 4.74 Å². The van der Waals surface area contributed by atoms with Crippen LogP contribution in [0.1, 0.15) is 46.5 Å². The summed E-state index contributed by atoms with van der Waals surface area (Å²) in [5, 5.41) is 0.226. The summed E-state index contributed by atoms with van der Waals surface area (Å²) in [6, 6.07) is 6.20. The van der Waals surface area contributed by atoms with Gasteiger partial charge in [0.25, 0.3) is 0 Å². The van der Waals surface area contributed by atoms with Crippen LogP contribution in [0.15, 0.2) is 24.4 Å². The van der Waals surface area contributed by atoms with E-state index in [-0.39, 0.29) is 16.9 Å². The average molecular weight is 359 g/mol. The Hall–Kier alpha value is -2.14. The maximum atomic E-state index is 6.20. The molecule has 3 rings (SSSR count). The Labute approximate surface area is 153 Å². The third-order valence-electron chi connectivity index (χ3n) is 3.79. The van der Waals surface area contributed by atoms with E-state index in [9.17, 15) is 0 Å². The number of hydrogen-bond donors (Lipinski definition) is 0. The molecule has 0 fully saturated rings. The smallest absolute Gasteiger partial charge is 0.222 e. The number of imidazole rings is 1. The number of aromatic nitrogens is 4. The van der Waals surface area contributed by atoms with Crippen LogP contribution in [0, 0.1) is 6.92 Å². The summed E-state index contributed by atoms with van der Waals surface area (Å²) < 4.78 is 8.41. The molecule has 2 heterocycles. The van der Waals surface area contributed by atoms with Crippen LogP contribution in [0.25, 0.3) is 22.3 Å². The highest BCUT2D eigenvalue weighted by Gasteiger charge is 2.20. The number of aryl methyl sites for hydroxylation is 1. The highest BCUT2D eigenvalue weighted by Crippen LogP contribution is 2.35.